The lowest BCUT2D eigenvalue weighted by Crippen LogP contribution is -2.28. The molecule has 1 heterocycles. The fourth-order valence-corrected chi connectivity index (χ4v) is 2.63. The Hall–Kier alpha value is -2.35. The van der Waals surface area contributed by atoms with Crippen molar-refractivity contribution in [2.45, 2.75) is 31.0 Å². The lowest BCUT2D eigenvalue weighted by molar-refractivity contribution is -0.115. The Kier molecular flexibility index (Phi) is 4.81. The van der Waals surface area contributed by atoms with Gasteiger partial charge < -0.3 is 5.32 Å². The van der Waals surface area contributed by atoms with E-state index in [0.29, 0.717) is 0 Å². The number of H-pyrrole nitrogens is 2. The highest BCUT2D eigenvalue weighted by molar-refractivity contribution is 8.00. The molecule has 3 N–H and O–H groups in total. The van der Waals surface area contributed by atoms with Crippen molar-refractivity contribution in [3.05, 3.63) is 50.2 Å². The zero-order chi connectivity index (χ0) is 16.3. The molecule has 0 saturated carbocycles. The maximum atomic E-state index is 12.3. The highest BCUT2D eigenvalue weighted by atomic mass is 32.2. The minimum Gasteiger partial charge on any atom is -0.325 e. The van der Waals surface area contributed by atoms with E-state index in [-0.39, 0.29) is 10.9 Å². The number of amides is 1. The molecule has 1 amide bonds. The lowest BCUT2D eigenvalue weighted by atomic mass is 10.1. The molecule has 0 aliphatic heterocycles. The fourth-order valence-electron chi connectivity index (χ4n) is 1.87. The molecule has 116 valence electrons. The first-order chi connectivity index (χ1) is 10.4. The van der Waals surface area contributed by atoms with E-state index in [1.165, 1.54) is 0 Å². The van der Waals surface area contributed by atoms with Gasteiger partial charge in [-0.2, -0.15) is 5.10 Å². The van der Waals surface area contributed by atoms with Gasteiger partial charge in [-0.15, -0.1) is 0 Å². The second-order valence-corrected chi connectivity index (χ2v) is 6.16. The predicted molar refractivity (Wildman–Crippen MR) is 85.3 cm³/mol. The first kappa shape index (κ1) is 16.0. The van der Waals surface area contributed by atoms with Gasteiger partial charge in [0.15, 0.2) is 5.03 Å². The number of hydrogen-bond donors (Lipinski definition) is 3. The van der Waals surface area contributed by atoms with E-state index in [1.807, 2.05) is 32.0 Å². The summed E-state index contributed by atoms with van der Waals surface area (Å²) in [6, 6.07) is 5.74. The Morgan fingerprint density at radius 2 is 1.91 bits per heavy atom. The third-order valence-corrected chi connectivity index (χ3v) is 4.13. The van der Waals surface area contributed by atoms with E-state index in [2.05, 4.69) is 20.5 Å². The van der Waals surface area contributed by atoms with Crippen LogP contribution in [0, 0.1) is 13.8 Å². The van der Waals surface area contributed by atoms with Gasteiger partial charge in [0.2, 0.25) is 5.91 Å². The van der Waals surface area contributed by atoms with E-state index in [9.17, 15) is 14.4 Å². The molecule has 0 bridgehead atoms. The van der Waals surface area contributed by atoms with Gasteiger partial charge >= 0.3 is 5.69 Å². The number of carbonyl (C=O) groups is 1. The fraction of sp³-hybridized carbons (Fsp3) is 0.286. The number of nitrogens with zero attached hydrogens (tertiary/aromatic N) is 1. The molecule has 0 aliphatic carbocycles. The van der Waals surface area contributed by atoms with Gasteiger partial charge in [0.05, 0.1) is 5.25 Å². The summed E-state index contributed by atoms with van der Waals surface area (Å²) < 4.78 is 0. The molecular weight excluding hydrogens is 304 g/mol. The van der Waals surface area contributed by atoms with Gasteiger partial charge in [-0.05, 0) is 31.9 Å². The number of hydrogen-bond acceptors (Lipinski definition) is 5. The molecule has 1 aromatic heterocycles. The zero-order valence-electron chi connectivity index (χ0n) is 12.4. The first-order valence-electron chi connectivity index (χ1n) is 6.61. The van der Waals surface area contributed by atoms with Gasteiger partial charge in [-0.1, -0.05) is 30.0 Å². The summed E-state index contributed by atoms with van der Waals surface area (Å²) in [5.74, 6) is -0.241. The molecule has 0 radical (unpaired) electrons. The predicted octanol–water partition coefficient (Wildman–Crippen LogP) is 1.19. The van der Waals surface area contributed by atoms with Crippen LogP contribution in [0.5, 0.6) is 0 Å². The summed E-state index contributed by atoms with van der Waals surface area (Å²) in [5.41, 5.74) is 1.40. The molecule has 0 aliphatic rings. The summed E-state index contributed by atoms with van der Waals surface area (Å²) in [7, 11) is 0. The minimum absolute atomic E-state index is 0.0451. The van der Waals surface area contributed by atoms with Crippen LogP contribution in [0.15, 0.2) is 32.8 Å². The molecule has 0 fully saturated rings. The van der Waals surface area contributed by atoms with Gasteiger partial charge in [0, 0.05) is 5.69 Å². The third kappa shape index (κ3) is 3.64. The molecule has 1 unspecified atom stereocenters. The average molecular weight is 320 g/mol. The monoisotopic (exact) mass is 320 g/mol. The minimum atomic E-state index is -0.679. The number of aromatic nitrogens is 3. The molecule has 8 heteroatoms. The van der Waals surface area contributed by atoms with Crippen molar-refractivity contribution in [1.82, 2.24) is 15.2 Å². The molecule has 0 saturated heterocycles. The number of para-hydroxylation sites is 1. The van der Waals surface area contributed by atoms with Crippen LogP contribution in [0.1, 0.15) is 18.1 Å². The molecule has 1 aromatic carbocycles. The number of aryl methyl sites for hydroxylation is 2. The SMILES string of the molecule is Cc1cccc(C)c1NC(=O)C(C)Sc1n[nH]c(=O)[nH]c1=O. The number of carbonyl (C=O) groups excluding carboxylic acids is 1. The van der Waals surface area contributed by atoms with E-state index in [4.69, 9.17) is 0 Å². The topological polar surface area (TPSA) is 108 Å². The Bertz CT molecular complexity index is 792. The van der Waals surface area contributed by atoms with Crippen LogP contribution in [0.4, 0.5) is 5.69 Å². The standard InChI is InChI=1S/C14H16N4O3S/c1-7-5-4-6-8(2)10(7)15-11(19)9(3)22-13-12(20)16-14(21)18-17-13/h4-6,9H,1-3H3,(H,15,19)(H2,16,18,20,21). The van der Waals surface area contributed by atoms with Gasteiger partial charge in [-0.25, -0.2) is 9.89 Å². The molecule has 0 spiro atoms. The van der Waals surface area contributed by atoms with Crippen molar-refractivity contribution < 1.29 is 4.79 Å². The summed E-state index contributed by atoms with van der Waals surface area (Å²) in [4.78, 5) is 36.8. The Morgan fingerprint density at radius 1 is 1.27 bits per heavy atom. The average Bonchev–Trinajstić information content (AvgIpc) is 2.45. The zero-order valence-corrected chi connectivity index (χ0v) is 13.2. The van der Waals surface area contributed by atoms with E-state index >= 15 is 0 Å². The number of benzene rings is 1. The number of rotatable bonds is 4. The van der Waals surface area contributed by atoms with E-state index in [1.54, 1.807) is 6.92 Å². The van der Waals surface area contributed by atoms with Crippen LogP contribution in [0.2, 0.25) is 0 Å². The maximum absolute atomic E-state index is 12.3. The molecule has 22 heavy (non-hydrogen) atoms. The summed E-state index contributed by atoms with van der Waals surface area (Å²) in [6.07, 6.45) is 0. The Labute approximate surface area is 130 Å². The third-order valence-electron chi connectivity index (χ3n) is 3.07. The first-order valence-corrected chi connectivity index (χ1v) is 7.49. The Morgan fingerprint density at radius 3 is 2.50 bits per heavy atom. The van der Waals surface area contributed by atoms with Crippen LogP contribution >= 0.6 is 11.8 Å². The summed E-state index contributed by atoms with van der Waals surface area (Å²) in [6.45, 7) is 5.49. The number of aromatic amines is 2. The normalized spacial score (nSPS) is 12.0. The second-order valence-electron chi connectivity index (χ2n) is 4.83. The van der Waals surface area contributed by atoms with Crippen molar-refractivity contribution in [1.29, 1.82) is 0 Å². The smallest absolute Gasteiger partial charge is 0.325 e. The highest BCUT2D eigenvalue weighted by Crippen LogP contribution is 2.22. The van der Waals surface area contributed by atoms with Crippen LogP contribution in [-0.2, 0) is 4.79 Å². The van der Waals surface area contributed by atoms with E-state index < -0.39 is 16.5 Å². The van der Waals surface area contributed by atoms with Crippen molar-refractivity contribution in [2.75, 3.05) is 5.32 Å². The quantitative estimate of drug-likeness (QED) is 0.734. The van der Waals surface area contributed by atoms with E-state index in [0.717, 1.165) is 28.6 Å². The number of thioether (sulfide) groups is 1. The Balaban J connectivity index is 2.13. The maximum Gasteiger partial charge on any atom is 0.342 e. The lowest BCUT2D eigenvalue weighted by Gasteiger charge is -2.14. The molecule has 7 nitrogen and oxygen atoms in total. The molecule has 1 atom stereocenters. The molecular formula is C14H16N4O3S. The van der Waals surface area contributed by atoms with Crippen molar-refractivity contribution in [3.63, 3.8) is 0 Å². The largest absolute Gasteiger partial charge is 0.342 e. The van der Waals surface area contributed by atoms with Crippen molar-refractivity contribution in [3.8, 4) is 0 Å². The molecule has 2 rings (SSSR count). The second kappa shape index (κ2) is 6.61. The van der Waals surface area contributed by atoms with Crippen LogP contribution in [-0.4, -0.2) is 26.3 Å². The highest BCUT2D eigenvalue weighted by Gasteiger charge is 2.18. The number of nitrogens with one attached hydrogen (secondary N) is 3. The van der Waals surface area contributed by atoms with Crippen LogP contribution in [0.3, 0.4) is 0 Å². The van der Waals surface area contributed by atoms with Crippen molar-refractivity contribution in [2.24, 2.45) is 0 Å². The summed E-state index contributed by atoms with van der Waals surface area (Å²) in [5, 5.41) is 8.14. The summed E-state index contributed by atoms with van der Waals surface area (Å²) >= 11 is 0.981. The van der Waals surface area contributed by atoms with Crippen molar-refractivity contribution >= 4 is 23.4 Å². The van der Waals surface area contributed by atoms with Gasteiger partial charge in [0.1, 0.15) is 0 Å². The van der Waals surface area contributed by atoms with Crippen LogP contribution in [0.25, 0.3) is 0 Å². The molecule has 2 aromatic rings. The van der Waals surface area contributed by atoms with Crippen LogP contribution < -0.4 is 16.6 Å². The number of anilines is 1. The van der Waals surface area contributed by atoms with Gasteiger partial charge in [0.25, 0.3) is 5.56 Å². The van der Waals surface area contributed by atoms with Gasteiger partial charge in [-0.3, -0.25) is 14.6 Å².